The number of para-hydroxylation sites is 1. The van der Waals surface area contributed by atoms with E-state index in [1.165, 1.54) is 18.9 Å². The first-order chi connectivity index (χ1) is 8.76. The molecule has 0 saturated carbocycles. The first-order valence-electron chi connectivity index (χ1n) is 6.75. The number of aldehydes is 1. The highest BCUT2D eigenvalue weighted by molar-refractivity contribution is 5.84. The molecule has 1 saturated heterocycles. The molecule has 18 heavy (non-hydrogen) atoms. The standard InChI is InChI=1S/C15H20FNO/c1-2-4-12-7-9-17(10-8-12)15-13(11-18)5-3-6-14(15)16/h3,5-6,11-12H,2,4,7-10H2,1H3. The van der Waals surface area contributed by atoms with Crippen molar-refractivity contribution in [1.29, 1.82) is 0 Å². The van der Waals surface area contributed by atoms with E-state index in [0.717, 1.165) is 38.1 Å². The number of carbonyl (C=O) groups excluding carboxylic acids is 1. The average Bonchev–Trinajstić information content (AvgIpc) is 2.40. The van der Waals surface area contributed by atoms with Crippen molar-refractivity contribution < 1.29 is 9.18 Å². The Labute approximate surface area is 108 Å². The number of rotatable bonds is 4. The molecule has 0 aromatic heterocycles. The van der Waals surface area contributed by atoms with Gasteiger partial charge in [-0.05, 0) is 30.9 Å². The number of benzene rings is 1. The third-order valence-corrected chi connectivity index (χ3v) is 3.77. The maximum Gasteiger partial charge on any atom is 0.152 e. The number of piperidine rings is 1. The van der Waals surface area contributed by atoms with E-state index in [1.54, 1.807) is 12.1 Å². The van der Waals surface area contributed by atoms with Crippen molar-refractivity contribution in [3.05, 3.63) is 29.6 Å². The lowest BCUT2D eigenvalue weighted by atomic mass is 9.92. The third kappa shape index (κ3) is 2.71. The number of halogens is 1. The minimum absolute atomic E-state index is 0.284. The highest BCUT2D eigenvalue weighted by Gasteiger charge is 2.22. The van der Waals surface area contributed by atoms with Gasteiger partial charge in [0.2, 0.25) is 0 Å². The SMILES string of the molecule is CCCC1CCN(c2c(F)cccc2C=O)CC1. The quantitative estimate of drug-likeness (QED) is 0.759. The maximum absolute atomic E-state index is 13.9. The molecule has 0 radical (unpaired) electrons. The normalized spacial score (nSPS) is 16.9. The highest BCUT2D eigenvalue weighted by Crippen LogP contribution is 2.29. The fourth-order valence-corrected chi connectivity index (χ4v) is 2.81. The molecule has 1 aliphatic rings. The second-order valence-corrected chi connectivity index (χ2v) is 5.01. The lowest BCUT2D eigenvalue weighted by Gasteiger charge is -2.34. The van der Waals surface area contributed by atoms with Gasteiger partial charge in [0.1, 0.15) is 5.82 Å². The molecule has 1 aromatic rings. The minimum Gasteiger partial charge on any atom is -0.369 e. The zero-order valence-electron chi connectivity index (χ0n) is 10.9. The molecule has 0 bridgehead atoms. The van der Waals surface area contributed by atoms with Gasteiger partial charge in [-0.3, -0.25) is 4.79 Å². The van der Waals surface area contributed by atoms with Crippen molar-refractivity contribution in [3.63, 3.8) is 0 Å². The highest BCUT2D eigenvalue weighted by atomic mass is 19.1. The first-order valence-corrected chi connectivity index (χ1v) is 6.75. The molecule has 0 unspecified atom stereocenters. The van der Waals surface area contributed by atoms with E-state index in [1.807, 2.05) is 4.90 Å². The van der Waals surface area contributed by atoms with Crippen LogP contribution in [-0.2, 0) is 0 Å². The smallest absolute Gasteiger partial charge is 0.152 e. The van der Waals surface area contributed by atoms with Gasteiger partial charge in [0.15, 0.2) is 6.29 Å². The summed E-state index contributed by atoms with van der Waals surface area (Å²) in [4.78, 5) is 13.0. The van der Waals surface area contributed by atoms with Crippen molar-refractivity contribution in [3.8, 4) is 0 Å². The van der Waals surface area contributed by atoms with Crippen LogP contribution in [0.1, 0.15) is 43.0 Å². The number of nitrogens with zero attached hydrogens (tertiary/aromatic N) is 1. The van der Waals surface area contributed by atoms with Gasteiger partial charge in [0, 0.05) is 18.7 Å². The van der Waals surface area contributed by atoms with E-state index < -0.39 is 0 Å². The minimum atomic E-state index is -0.284. The Balaban J connectivity index is 2.12. The van der Waals surface area contributed by atoms with Crippen molar-refractivity contribution in [2.75, 3.05) is 18.0 Å². The van der Waals surface area contributed by atoms with Gasteiger partial charge in [0.25, 0.3) is 0 Å². The molecule has 2 rings (SSSR count). The Kier molecular flexibility index (Phi) is 4.34. The number of hydrogen-bond acceptors (Lipinski definition) is 2. The molecule has 1 fully saturated rings. The largest absolute Gasteiger partial charge is 0.369 e. The lowest BCUT2D eigenvalue weighted by Crippen LogP contribution is -2.34. The van der Waals surface area contributed by atoms with Crippen LogP contribution in [0.25, 0.3) is 0 Å². The van der Waals surface area contributed by atoms with Crippen molar-refractivity contribution in [2.45, 2.75) is 32.6 Å². The van der Waals surface area contributed by atoms with Gasteiger partial charge < -0.3 is 4.90 Å². The van der Waals surface area contributed by atoms with Gasteiger partial charge in [-0.1, -0.05) is 25.8 Å². The summed E-state index contributed by atoms with van der Waals surface area (Å²) in [5, 5.41) is 0. The Bertz CT molecular complexity index is 411. The summed E-state index contributed by atoms with van der Waals surface area (Å²) in [6, 6.07) is 4.70. The van der Waals surface area contributed by atoms with Crippen LogP contribution in [0.15, 0.2) is 18.2 Å². The summed E-state index contributed by atoms with van der Waals surface area (Å²) >= 11 is 0. The molecule has 3 heteroatoms. The Morgan fingerprint density at radius 3 is 2.72 bits per heavy atom. The van der Waals surface area contributed by atoms with Crippen molar-refractivity contribution in [1.82, 2.24) is 0 Å². The van der Waals surface area contributed by atoms with Gasteiger partial charge >= 0.3 is 0 Å². The van der Waals surface area contributed by atoms with E-state index in [0.29, 0.717) is 11.3 Å². The van der Waals surface area contributed by atoms with Crippen LogP contribution in [-0.4, -0.2) is 19.4 Å². The number of anilines is 1. The fourth-order valence-electron chi connectivity index (χ4n) is 2.81. The number of hydrogen-bond donors (Lipinski definition) is 0. The lowest BCUT2D eigenvalue weighted by molar-refractivity contribution is 0.112. The van der Waals surface area contributed by atoms with E-state index >= 15 is 0 Å². The zero-order valence-corrected chi connectivity index (χ0v) is 10.9. The van der Waals surface area contributed by atoms with Gasteiger partial charge in [-0.2, -0.15) is 0 Å². The summed E-state index contributed by atoms with van der Waals surface area (Å²) in [5.41, 5.74) is 0.950. The predicted octanol–water partition coefficient (Wildman–Crippen LogP) is 3.65. The second kappa shape index (κ2) is 5.98. The van der Waals surface area contributed by atoms with E-state index in [2.05, 4.69) is 6.92 Å². The molecular weight excluding hydrogens is 229 g/mol. The molecule has 0 atom stereocenters. The second-order valence-electron chi connectivity index (χ2n) is 5.01. The van der Waals surface area contributed by atoms with Crippen molar-refractivity contribution in [2.24, 2.45) is 5.92 Å². The Morgan fingerprint density at radius 2 is 2.11 bits per heavy atom. The van der Waals surface area contributed by atoms with Crippen LogP contribution in [0.5, 0.6) is 0 Å². The third-order valence-electron chi connectivity index (χ3n) is 3.77. The zero-order chi connectivity index (χ0) is 13.0. The molecule has 0 aliphatic carbocycles. The maximum atomic E-state index is 13.9. The van der Waals surface area contributed by atoms with Crippen molar-refractivity contribution >= 4 is 12.0 Å². The average molecular weight is 249 g/mol. The molecule has 1 heterocycles. The molecule has 2 nitrogen and oxygen atoms in total. The Hall–Kier alpha value is -1.38. The molecule has 0 spiro atoms. The molecule has 0 N–H and O–H groups in total. The van der Waals surface area contributed by atoms with E-state index in [9.17, 15) is 9.18 Å². The summed E-state index contributed by atoms with van der Waals surface area (Å²) < 4.78 is 13.9. The molecule has 1 aliphatic heterocycles. The summed E-state index contributed by atoms with van der Waals surface area (Å²) in [7, 11) is 0. The molecular formula is C15H20FNO. The van der Waals surface area contributed by atoms with Gasteiger partial charge in [-0.15, -0.1) is 0 Å². The van der Waals surface area contributed by atoms with E-state index in [4.69, 9.17) is 0 Å². The Morgan fingerprint density at radius 1 is 1.39 bits per heavy atom. The predicted molar refractivity (Wildman–Crippen MR) is 71.6 cm³/mol. The summed E-state index contributed by atoms with van der Waals surface area (Å²) in [5.74, 6) is 0.478. The fraction of sp³-hybridized carbons (Fsp3) is 0.533. The monoisotopic (exact) mass is 249 g/mol. The van der Waals surface area contributed by atoms with Crippen LogP contribution in [0.3, 0.4) is 0 Å². The number of carbonyl (C=O) groups is 1. The van der Waals surface area contributed by atoms with Gasteiger partial charge in [-0.25, -0.2) is 4.39 Å². The topological polar surface area (TPSA) is 20.3 Å². The summed E-state index contributed by atoms with van der Waals surface area (Å²) in [6.45, 7) is 3.91. The first kappa shape index (κ1) is 13.1. The summed E-state index contributed by atoms with van der Waals surface area (Å²) in [6.07, 6.45) is 5.41. The van der Waals surface area contributed by atoms with Crippen LogP contribution in [0.4, 0.5) is 10.1 Å². The molecule has 0 amide bonds. The van der Waals surface area contributed by atoms with E-state index in [-0.39, 0.29) is 5.82 Å². The van der Waals surface area contributed by atoms with Crippen LogP contribution in [0.2, 0.25) is 0 Å². The molecule has 98 valence electrons. The van der Waals surface area contributed by atoms with Crippen LogP contribution >= 0.6 is 0 Å². The van der Waals surface area contributed by atoms with Crippen LogP contribution < -0.4 is 4.90 Å². The van der Waals surface area contributed by atoms with Gasteiger partial charge in [0.05, 0.1) is 5.69 Å². The van der Waals surface area contributed by atoms with Crippen LogP contribution in [0, 0.1) is 11.7 Å². The molecule has 1 aromatic carbocycles.